The van der Waals surface area contributed by atoms with E-state index in [9.17, 15) is 9.59 Å². The number of ether oxygens (including phenoxy) is 4. The number of nitrogens with two attached hydrogens (primary N) is 1. The van der Waals surface area contributed by atoms with Crippen molar-refractivity contribution >= 4 is 11.8 Å². The van der Waals surface area contributed by atoms with Gasteiger partial charge in [-0.05, 0) is 12.1 Å². The second-order valence-corrected chi connectivity index (χ2v) is 4.26. The summed E-state index contributed by atoms with van der Waals surface area (Å²) in [6.07, 6.45) is -0.973. The van der Waals surface area contributed by atoms with Crippen LogP contribution in [0.3, 0.4) is 0 Å². The summed E-state index contributed by atoms with van der Waals surface area (Å²) in [5, 5.41) is 0. The molecule has 1 aromatic rings. The number of hydrogen-bond donors (Lipinski definition) is 1. The van der Waals surface area contributed by atoms with Gasteiger partial charge in [-0.2, -0.15) is 0 Å². The zero-order valence-corrected chi connectivity index (χ0v) is 11.8. The van der Waals surface area contributed by atoms with Crippen LogP contribution in [-0.4, -0.2) is 26.0 Å². The molecule has 1 aromatic carbocycles. The molecule has 7 nitrogen and oxygen atoms in total. The zero-order chi connectivity index (χ0) is 15.6. The van der Waals surface area contributed by atoms with Gasteiger partial charge < -0.3 is 24.7 Å². The molecule has 112 valence electrons. The summed E-state index contributed by atoms with van der Waals surface area (Å²) < 4.78 is 20.3. The van der Waals surface area contributed by atoms with E-state index < -0.39 is 17.9 Å². The van der Waals surface area contributed by atoms with Crippen LogP contribution in [0, 0.1) is 0 Å². The maximum Gasteiger partial charge on any atom is 0.308 e. The number of hydrogen-bond acceptors (Lipinski definition) is 7. The second kappa shape index (κ2) is 5.74. The van der Waals surface area contributed by atoms with Crippen LogP contribution in [-0.2, 0) is 19.1 Å². The Hall–Kier alpha value is -2.70. The van der Waals surface area contributed by atoms with Crippen molar-refractivity contribution in [3.05, 3.63) is 35.4 Å². The first kappa shape index (κ1) is 14.7. The molecule has 21 heavy (non-hydrogen) atoms. The molecule has 1 atom stereocenters. The molecule has 0 amide bonds. The molecular weight excluding hydrogens is 278 g/mol. The normalized spacial score (nSPS) is 17.5. The Bertz CT molecular complexity index is 622. The minimum absolute atomic E-state index is 0.213. The number of esters is 1. The van der Waals surface area contributed by atoms with Crippen molar-refractivity contribution in [1.29, 1.82) is 0 Å². The smallest absolute Gasteiger partial charge is 0.308 e. The maximum absolute atomic E-state index is 12.2. The number of carbonyl (C=O) groups excluding carboxylic acids is 2. The van der Waals surface area contributed by atoms with Gasteiger partial charge in [0, 0.05) is 12.5 Å². The van der Waals surface area contributed by atoms with Gasteiger partial charge in [0.25, 0.3) is 0 Å². The molecule has 0 aliphatic carbocycles. The highest BCUT2D eigenvalue weighted by Crippen LogP contribution is 2.36. The molecule has 0 radical (unpaired) electrons. The first-order valence-electron chi connectivity index (χ1n) is 6.09. The zero-order valence-electron chi connectivity index (χ0n) is 11.8. The summed E-state index contributed by atoms with van der Waals surface area (Å²) in [5.74, 6) is -0.677. The Morgan fingerprint density at radius 3 is 2.48 bits per heavy atom. The van der Waals surface area contributed by atoms with Crippen molar-refractivity contribution < 1.29 is 28.5 Å². The van der Waals surface area contributed by atoms with E-state index in [2.05, 4.69) is 0 Å². The second-order valence-electron chi connectivity index (χ2n) is 4.26. The molecule has 0 aromatic heterocycles. The largest absolute Gasteiger partial charge is 0.493 e. The van der Waals surface area contributed by atoms with E-state index >= 15 is 0 Å². The molecule has 2 N–H and O–H groups in total. The summed E-state index contributed by atoms with van der Waals surface area (Å²) in [6, 6.07) is 4.89. The molecule has 2 rings (SSSR count). The van der Waals surface area contributed by atoms with Crippen molar-refractivity contribution in [3.8, 4) is 11.5 Å². The maximum atomic E-state index is 12.2. The Labute approximate surface area is 121 Å². The van der Waals surface area contributed by atoms with Gasteiger partial charge >= 0.3 is 5.97 Å². The predicted octanol–water partition coefficient (Wildman–Crippen LogP) is 1.04. The summed E-state index contributed by atoms with van der Waals surface area (Å²) >= 11 is 0. The van der Waals surface area contributed by atoms with Gasteiger partial charge in [0.2, 0.25) is 17.4 Å². The third kappa shape index (κ3) is 2.76. The van der Waals surface area contributed by atoms with E-state index in [-0.39, 0.29) is 11.6 Å². The highest BCUT2D eigenvalue weighted by Gasteiger charge is 2.38. The average Bonchev–Trinajstić information content (AvgIpc) is 2.74. The van der Waals surface area contributed by atoms with Gasteiger partial charge in [-0.1, -0.05) is 6.07 Å². The summed E-state index contributed by atoms with van der Waals surface area (Å²) in [7, 11) is 2.99. The highest BCUT2D eigenvalue weighted by atomic mass is 16.6. The van der Waals surface area contributed by atoms with Crippen LogP contribution in [0.15, 0.2) is 29.8 Å². The van der Waals surface area contributed by atoms with E-state index in [1.165, 1.54) is 21.1 Å². The van der Waals surface area contributed by atoms with Crippen LogP contribution < -0.4 is 15.2 Å². The first-order valence-corrected chi connectivity index (χ1v) is 6.09. The molecule has 1 aliphatic rings. The fourth-order valence-electron chi connectivity index (χ4n) is 1.95. The molecule has 1 aliphatic heterocycles. The minimum Gasteiger partial charge on any atom is -0.493 e. The van der Waals surface area contributed by atoms with Crippen molar-refractivity contribution in [2.24, 2.45) is 5.73 Å². The van der Waals surface area contributed by atoms with Gasteiger partial charge in [0.15, 0.2) is 17.6 Å². The highest BCUT2D eigenvalue weighted by molar-refractivity contribution is 6.01. The molecule has 0 fully saturated rings. The van der Waals surface area contributed by atoms with E-state index in [0.717, 1.165) is 0 Å². The van der Waals surface area contributed by atoms with Gasteiger partial charge in [0.1, 0.15) is 0 Å². The quantitative estimate of drug-likeness (QED) is 0.828. The number of rotatable bonds is 4. The van der Waals surface area contributed by atoms with Crippen molar-refractivity contribution in [2.45, 2.75) is 13.0 Å². The Kier molecular flexibility index (Phi) is 4.02. The van der Waals surface area contributed by atoms with Gasteiger partial charge in [0.05, 0.1) is 14.2 Å². The summed E-state index contributed by atoms with van der Waals surface area (Å²) in [4.78, 5) is 23.2. The lowest BCUT2D eigenvalue weighted by atomic mass is 10.1. The van der Waals surface area contributed by atoms with Gasteiger partial charge in [-0.15, -0.1) is 0 Å². The van der Waals surface area contributed by atoms with E-state index in [1.807, 2.05) is 0 Å². The summed E-state index contributed by atoms with van der Waals surface area (Å²) in [6.45, 7) is 1.18. The van der Waals surface area contributed by atoms with Gasteiger partial charge in [-0.3, -0.25) is 9.59 Å². The molecule has 0 spiro atoms. The third-order valence-electron chi connectivity index (χ3n) is 2.89. The van der Waals surface area contributed by atoms with Crippen LogP contribution in [0.25, 0.3) is 0 Å². The molecule has 0 saturated carbocycles. The van der Waals surface area contributed by atoms with E-state index in [4.69, 9.17) is 24.7 Å². The number of carbonyl (C=O) groups is 2. The lowest BCUT2D eigenvalue weighted by Gasteiger charge is -2.13. The van der Waals surface area contributed by atoms with Crippen LogP contribution >= 0.6 is 0 Å². The molecule has 1 heterocycles. The van der Waals surface area contributed by atoms with Gasteiger partial charge in [-0.25, -0.2) is 0 Å². The third-order valence-corrected chi connectivity index (χ3v) is 2.89. The topological polar surface area (TPSA) is 97.1 Å². The Morgan fingerprint density at radius 1 is 1.24 bits per heavy atom. The average molecular weight is 293 g/mol. The van der Waals surface area contributed by atoms with Crippen LogP contribution in [0.1, 0.15) is 18.6 Å². The van der Waals surface area contributed by atoms with Crippen molar-refractivity contribution in [1.82, 2.24) is 0 Å². The number of methoxy groups -OCH3 is 2. The number of Topliss-reactive ketones (excluding diaryl/α,β-unsaturated/α-hetero) is 1. The molecule has 0 saturated heterocycles. The lowest BCUT2D eigenvalue weighted by Crippen LogP contribution is -2.13. The lowest BCUT2D eigenvalue weighted by molar-refractivity contribution is -0.140. The monoisotopic (exact) mass is 293 g/mol. The van der Waals surface area contributed by atoms with Crippen LogP contribution in [0.2, 0.25) is 0 Å². The Balaban J connectivity index is 2.29. The van der Waals surface area contributed by atoms with E-state index in [0.29, 0.717) is 17.1 Å². The SMILES string of the molecule is COc1ccc(C2OC(N)=C(OC(C)=O)C2=O)cc1OC. The molecule has 0 bridgehead atoms. The van der Waals surface area contributed by atoms with E-state index in [1.54, 1.807) is 18.2 Å². The fraction of sp³-hybridized carbons (Fsp3) is 0.286. The number of ketones is 1. The van der Waals surface area contributed by atoms with Crippen LogP contribution in [0.5, 0.6) is 11.5 Å². The molecule has 1 unspecified atom stereocenters. The minimum atomic E-state index is -0.973. The van der Waals surface area contributed by atoms with Crippen molar-refractivity contribution in [3.63, 3.8) is 0 Å². The summed E-state index contributed by atoms with van der Waals surface area (Å²) in [5.41, 5.74) is 6.09. The molecule has 7 heteroatoms. The fourth-order valence-corrected chi connectivity index (χ4v) is 1.95. The molecular formula is C14H15NO6. The first-order chi connectivity index (χ1) is 9.97. The van der Waals surface area contributed by atoms with Crippen molar-refractivity contribution in [2.75, 3.05) is 14.2 Å². The number of benzene rings is 1. The standard InChI is InChI=1S/C14H15NO6/c1-7(16)20-13-11(17)12(21-14(13)15)8-4-5-9(18-2)10(6-8)19-3/h4-6,12H,15H2,1-3H3. The Morgan fingerprint density at radius 2 is 1.90 bits per heavy atom. The predicted molar refractivity (Wildman–Crippen MR) is 71.4 cm³/mol. The van der Waals surface area contributed by atoms with Crippen LogP contribution in [0.4, 0.5) is 0 Å².